The van der Waals surface area contributed by atoms with Gasteiger partial charge in [-0.15, -0.1) is 6.58 Å². The van der Waals surface area contributed by atoms with E-state index in [0.717, 1.165) is 5.69 Å². The Morgan fingerprint density at radius 3 is 2.32 bits per heavy atom. The highest BCUT2D eigenvalue weighted by Gasteiger charge is 2.63. The number of aliphatic hydroxyl groups excluding tert-OH is 2. The fraction of sp³-hybridized carbons (Fsp3) is 0.353. The predicted octanol–water partition coefficient (Wildman–Crippen LogP) is 1.64. The number of phenolic OH excluding ortho intramolecular Hbond substituents is 1. The first-order chi connectivity index (χ1) is 22.1. The number of anilines is 2. The molecule has 5 rings (SSSR count). The number of ketones is 2. The number of hydrogen-bond donors (Lipinski definition) is 7. The highest BCUT2D eigenvalue weighted by molar-refractivity contribution is 6.25. The lowest BCUT2D eigenvalue weighted by atomic mass is 9.58. The Hall–Kier alpha value is -4.98. The molecule has 0 saturated heterocycles. The van der Waals surface area contributed by atoms with E-state index < -0.39 is 75.7 Å². The minimum absolute atomic E-state index is 0.0196. The van der Waals surface area contributed by atoms with Gasteiger partial charge in [0.25, 0.3) is 5.91 Å². The molecule has 0 fully saturated rings. The van der Waals surface area contributed by atoms with Crippen molar-refractivity contribution in [1.82, 2.24) is 10.2 Å². The van der Waals surface area contributed by atoms with E-state index >= 15 is 0 Å². The van der Waals surface area contributed by atoms with Gasteiger partial charge in [0.1, 0.15) is 23.1 Å². The Morgan fingerprint density at radius 2 is 1.74 bits per heavy atom. The fourth-order valence-electron chi connectivity index (χ4n) is 7.06. The van der Waals surface area contributed by atoms with Crippen LogP contribution in [0.5, 0.6) is 5.75 Å². The van der Waals surface area contributed by atoms with Gasteiger partial charge in [0.2, 0.25) is 11.7 Å². The minimum atomic E-state index is -2.74. The number of carbonyl (C=O) groups is 4. The number of aromatic hydroxyl groups is 1. The normalized spacial score (nSPS) is 24.3. The highest BCUT2D eigenvalue weighted by Crippen LogP contribution is 2.52. The Morgan fingerprint density at radius 1 is 1.09 bits per heavy atom. The Labute approximate surface area is 271 Å². The van der Waals surface area contributed by atoms with Crippen LogP contribution < -0.4 is 21.3 Å². The Balaban J connectivity index is 1.52. The SMILES string of the molecule is C=CCNC(C(=O)Nc1ccc2c(c1O)C(=O)C1=C(O)[C@]3(O)C(=O)C(C(N)=O)=C(O)[C@@H](N(C)C)C3CC1C2)c1ccc(N(C)C)cc1. The Bertz CT molecular complexity index is 1750. The van der Waals surface area contributed by atoms with Crippen LogP contribution in [0.25, 0.3) is 0 Å². The van der Waals surface area contributed by atoms with Gasteiger partial charge in [-0.2, -0.15) is 0 Å². The molecule has 248 valence electrons. The van der Waals surface area contributed by atoms with Crippen LogP contribution in [0.1, 0.15) is 33.9 Å². The van der Waals surface area contributed by atoms with Crippen LogP contribution in [0.3, 0.4) is 0 Å². The van der Waals surface area contributed by atoms with Gasteiger partial charge in [0.15, 0.2) is 17.1 Å². The number of benzene rings is 2. The van der Waals surface area contributed by atoms with Crippen LogP contribution in [-0.4, -0.2) is 95.1 Å². The van der Waals surface area contributed by atoms with Gasteiger partial charge in [-0.1, -0.05) is 24.3 Å². The summed E-state index contributed by atoms with van der Waals surface area (Å²) in [7, 11) is 6.93. The predicted molar refractivity (Wildman–Crippen MR) is 174 cm³/mol. The number of nitrogens with zero attached hydrogens (tertiary/aromatic N) is 2. The molecule has 0 bridgehead atoms. The van der Waals surface area contributed by atoms with Crippen LogP contribution >= 0.6 is 0 Å². The Kier molecular flexibility index (Phi) is 8.75. The zero-order valence-electron chi connectivity index (χ0n) is 26.6. The maximum atomic E-state index is 14.0. The number of allylic oxidation sites excluding steroid dienone is 1. The number of rotatable bonds is 9. The highest BCUT2D eigenvalue weighted by atomic mass is 16.3. The van der Waals surface area contributed by atoms with Gasteiger partial charge in [0, 0.05) is 37.8 Å². The third-order valence-electron chi connectivity index (χ3n) is 9.32. The van der Waals surface area contributed by atoms with Crippen molar-refractivity contribution in [2.45, 2.75) is 30.5 Å². The summed E-state index contributed by atoms with van der Waals surface area (Å²) in [4.78, 5) is 56.7. The van der Waals surface area contributed by atoms with E-state index in [1.165, 1.54) is 11.0 Å². The number of nitrogens with one attached hydrogen (secondary N) is 2. The third-order valence-corrected chi connectivity index (χ3v) is 9.32. The maximum absolute atomic E-state index is 14.0. The molecule has 2 amide bonds. The van der Waals surface area contributed by atoms with Crippen LogP contribution in [-0.2, 0) is 20.8 Å². The minimum Gasteiger partial charge on any atom is -0.510 e. The average molecular weight is 646 g/mol. The molecule has 2 aromatic carbocycles. The van der Waals surface area contributed by atoms with Gasteiger partial charge in [-0.3, -0.25) is 29.4 Å². The van der Waals surface area contributed by atoms with E-state index in [2.05, 4.69) is 17.2 Å². The molecule has 0 spiro atoms. The first-order valence-electron chi connectivity index (χ1n) is 15.1. The van der Waals surface area contributed by atoms with Crippen molar-refractivity contribution < 1.29 is 39.6 Å². The number of amides is 2. The summed E-state index contributed by atoms with van der Waals surface area (Å²) in [6.07, 6.45) is 1.72. The lowest BCUT2D eigenvalue weighted by Crippen LogP contribution is -2.63. The molecule has 0 heterocycles. The number of Topliss-reactive ketones (excluding diaryl/α,β-unsaturated/α-hetero) is 2. The molecule has 47 heavy (non-hydrogen) atoms. The second kappa shape index (κ2) is 12.3. The van der Waals surface area contributed by atoms with Crippen molar-refractivity contribution in [3.8, 4) is 5.75 Å². The second-order valence-corrected chi connectivity index (χ2v) is 12.6. The number of likely N-dealkylation sites (N-methyl/N-ethyl adjacent to an activating group) is 1. The molecule has 0 radical (unpaired) electrons. The molecular weight excluding hydrogens is 606 g/mol. The van der Waals surface area contributed by atoms with Crippen LogP contribution in [0.15, 0.2) is 71.7 Å². The molecule has 13 nitrogen and oxygen atoms in total. The summed E-state index contributed by atoms with van der Waals surface area (Å²) in [5, 5.41) is 51.3. The van der Waals surface area contributed by atoms with E-state index in [0.29, 0.717) is 17.7 Å². The largest absolute Gasteiger partial charge is 0.510 e. The van der Waals surface area contributed by atoms with Crippen LogP contribution in [0.2, 0.25) is 0 Å². The molecule has 8 N–H and O–H groups in total. The van der Waals surface area contributed by atoms with Crippen LogP contribution in [0.4, 0.5) is 11.4 Å². The number of carbonyl (C=O) groups excluding carboxylic acids is 4. The smallest absolute Gasteiger partial charge is 0.255 e. The van der Waals surface area contributed by atoms with E-state index in [4.69, 9.17) is 5.73 Å². The molecule has 3 aliphatic rings. The van der Waals surface area contributed by atoms with Crippen molar-refractivity contribution in [3.63, 3.8) is 0 Å². The zero-order chi connectivity index (χ0) is 34.5. The summed E-state index contributed by atoms with van der Waals surface area (Å²) in [6, 6.07) is 8.47. The van der Waals surface area contributed by atoms with Gasteiger partial charge in [-0.25, -0.2) is 0 Å². The molecule has 3 aliphatic carbocycles. The van der Waals surface area contributed by atoms with Gasteiger partial charge < -0.3 is 36.4 Å². The quantitative estimate of drug-likeness (QED) is 0.119. The van der Waals surface area contributed by atoms with Gasteiger partial charge in [-0.05, 0) is 62.2 Å². The number of phenols is 1. The summed E-state index contributed by atoms with van der Waals surface area (Å²) < 4.78 is 0. The lowest BCUT2D eigenvalue weighted by molar-refractivity contribution is -0.148. The van der Waals surface area contributed by atoms with Crippen molar-refractivity contribution in [3.05, 3.63) is 88.4 Å². The molecule has 0 saturated carbocycles. The first kappa shape index (κ1) is 33.4. The van der Waals surface area contributed by atoms with E-state index in [1.54, 1.807) is 38.4 Å². The summed E-state index contributed by atoms with van der Waals surface area (Å²) in [5.74, 6) is -7.92. The number of fused-ring (bicyclic) bond motifs is 3. The van der Waals surface area contributed by atoms with E-state index in [-0.39, 0.29) is 29.7 Å². The summed E-state index contributed by atoms with van der Waals surface area (Å²) >= 11 is 0. The number of primary amides is 1. The zero-order valence-corrected chi connectivity index (χ0v) is 26.6. The van der Waals surface area contributed by atoms with Crippen molar-refractivity contribution >= 4 is 34.8 Å². The molecule has 5 atom stereocenters. The molecule has 0 aliphatic heterocycles. The van der Waals surface area contributed by atoms with Crippen LogP contribution in [0, 0.1) is 11.8 Å². The standard InChI is InChI=1S/C34H39N5O8/c1-6-13-36-25(16-7-10-19(11-8-16)38(2)3)33(46)37-21-12-9-17-14-18-15-20-26(39(4)5)29(42)24(32(35)45)31(44)34(20,47)30(43)23(18)28(41)22(17)27(21)40/h6-12,18,20,25-26,36,40,42-43,47H,1,13-15H2,2-5H3,(H2,35,45)(H,37,46)/t18?,20?,25?,26-,34-/m0/s1. The van der Waals surface area contributed by atoms with Crippen molar-refractivity contribution in [1.29, 1.82) is 0 Å². The third kappa shape index (κ3) is 5.35. The molecular formula is C34H39N5O8. The van der Waals surface area contributed by atoms with Crippen molar-refractivity contribution in [2.75, 3.05) is 45.0 Å². The average Bonchev–Trinajstić information content (AvgIpc) is 3.00. The topological polar surface area (TPSA) is 206 Å². The monoisotopic (exact) mass is 645 g/mol. The molecule has 2 aromatic rings. The molecule has 0 aromatic heterocycles. The van der Waals surface area contributed by atoms with Gasteiger partial charge in [0.05, 0.1) is 17.3 Å². The number of aliphatic hydroxyl groups is 3. The van der Waals surface area contributed by atoms with E-state index in [9.17, 15) is 39.6 Å². The maximum Gasteiger partial charge on any atom is 0.255 e. The summed E-state index contributed by atoms with van der Waals surface area (Å²) in [5.41, 5.74) is 3.25. The first-order valence-corrected chi connectivity index (χ1v) is 15.1. The molecule has 3 unspecified atom stereocenters. The van der Waals surface area contributed by atoms with Crippen molar-refractivity contribution in [2.24, 2.45) is 17.6 Å². The van der Waals surface area contributed by atoms with Gasteiger partial charge >= 0.3 is 0 Å². The lowest BCUT2D eigenvalue weighted by Gasteiger charge is -2.50. The summed E-state index contributed by atoms with van der Waals surface area (Å²) in [6.45, 7) is 4.00. The number of nitrogens with two attached hydrogens (primary N) is 1. The van der Waals surface area contributed by atoms with E-state index in [1.807, 2.05) is 31.1 Å². The fourth-order valence-corrected chi connectivity index (χ4v) is 7.06. The number of hydrogen-bond acceptors (Lipinski definition) is 11. The second-order valence-electron chi connectivity index (χ2n) is 12.6. The molecule has 13 heteroatoms.